The van der Waals surface area contributed by atoms with Gasteiger partial charge in [-0.3, -0.25) is 14.5 Å². The van der Waals surface area contributed by atoms with Crippen molar-refractivity contribution in [1.82, 2.24) is 9.80 Å². The summed E-state index contributed by atoms with van der Waals surface area (Å²) < 4.78 is 0. The molecule has 0 aromatic heterocycles. The molecule has 1 aromatic carbocycles. The lowest BCUT2D eigenvalue weighted by atomic mass is 10.1. The zero-order valence-corrected chi connectivity index (χ0v) is 15.1. The molecule has 1 aliphatic carbocycles. The highest BCUT2D eigenvalue weighted by atomic mass is 35.5. The van der Waals surface area contributed by atoms with Crippen molar-refractivity contribution in [3.8, 4) is 0 Å². The van der Waals surface area contributed by atoms with Crippen LogP contribution in [0.3, 0.4) is 0 Å². The van der Waals surface area contributed by atoms with Crippen LogP contribution in [0.25, 0.3) is 0 Å². The maximum Gasteiger partial charge on any atom is 0.244 e. The van der Waals surface area contributed by atoms with Gasteiger partial charge >= 0.3 is 0 Å². The number of carbonyl (C=O) groups excluding carboxylic acids is 2. The molecule has 3 fully saturated rings. The average molecular weight is 365 g/mol. The van der Waals surface area contributed by atoms with Gasteiger partial charge in [-0.05, 0) is 31.4 Å². The Morgan fingerprint density at radius 2 is 1.68 bits per heavy atom. The average Bonchev–Trinajstić information content (AvgIpc) is 3.26. The van der Waals surface area contributed by atoms with Crippen LogP contribution in [0, 0.1) is 0 Å². The van der Waals surface area contributed by atoms with Crippen LogP contribution in [0.1, 0.15) is 19.3 Å². The third-order valence-corrected chi connectivity index (χ3v) is 5.50. The SMILES string of the molecule is Cl.NC1(C(=O)N2CCN(C3CCN(c4ccccc4)C3=O)CC2)CC1. The lowest BCUT2D eigenvalue weighted by Gasteiger charge is -2.38. The third-order valence-electron chi connectivity index (χ3n) is 5.50. The highest BCUT2D eigenvalue weighted by Crippen LogP contribution is 2.34. The number of halogens is 1. The fourth-order valence-corrected chi connectivity index (χ4v) is 3.77. The monoisotopic (exact) mass is 364 g/mol. The summed E-state index contributed by atoms with van der Waals surface area (Å²) >= 11 is 0. The van der Waals surface area contributed by atoms with Gasteiger partial charge in [0.05, 0.1) is 11.6 Å². The van der Waals surface area contributed by atoms with Crippen molar-refractivity contribution in [1.29, 1.82) is 0 Å². The number of nitrogens with zero attached hydrogens (tertiary/aromatic N) is 3. The van der Waals surface area contributed by atoms with Gasteiger partial charge in [0.2, 0.25) is 11.8 Å². The first-order valence-electron chi connectivity index (χ1n) is 8.77. The minimum Gasteiger partial charge on any atom is -0.339 e. The van der Waals surface area contributed by atoms with Gasteiger partial charge in [-0.25, -0.2) is 0 Å². The summed E-state index contributed by atoms with van der Waals surface area (Å²) in [4.78, 5) is 31.1. The van der Waals surface area contributed by atoms with Crippen molar-refractivity contribution in [3.05, 3.63) is 30.3 Å². The standard InChI is InChI=1S/C18H24N4O2.ClH/c19-18(7-8-18)17(24)21-12-10-20(11-13-21)15-6-9-22(16(15)23)14-4-2-1-3-5-14;/h1-5,15H,6-13,19H2;1H. The molecule has 2 heterocycles. The van der Waals surface area contributed by atoms with E-state index in [4.69, 9.17) is 5.73 Å². The van der Waals surface area contributed by atoms with E-state index in [-0.39, 0.29) is 30.3 Å². The number of para-hydroxylation sites is 1. The summed E-state index contributed by atoms with van der Waals surface area (Å²) in [5.41, 5.74) is 6.40. The minimum atomic E-state index is -0.588. The third kappa shape index (κ3) is 3.38. The molecule has 0 radical (unpaired) electrons. The number of amides is 2. The molecule has 7 heteroatoms. The summed E-state index contributed by atoms with van der Waals surface area (Å²) in [6.45, 7) is 3.61. The van der Waals surface area contributed by atoms with Crippen LogP contribution in [0.5, 0.6) is 0 Å². The van der Waals surface area contributed by atoms with Gasteiger partial charge in [-0.15, -0.1) is 12.4 Å². The molecule has 3 aliphatic rings. The van der Waals surface area contributed by atoms with Gasteiger partial charge in [0.1, 0.15) is 0 Å². The lowest BCUT2D eigenvalue weighted by molar-refractivity contribution is -0.136. The van der Waals surface area contributed by atoms with Crippen LogP contribution in [0.2, 0.25) is 0 Å². The van der Waals surface area contributed by atoms with Crippen LogP contribution in [-0.2, 0) is 9.59 Å². The molecule has 25 heavy (non-hydrogen) atoms. The second-order valence-corrected chi connectivity index (χ2v) is 7.11. The Bertz CT molecular complexity index is 642. The van der Waals surface area contributed by atoms with Gasteiger partial charge in [0.25, 0.3) is 0 Å². The Kier molecular flexibility index (Phi) is 5.04. The summed E-state index contributed by atoms with van der Waals surface area (Å²) in [5.74, 6) is 0.268. The van der Waals surface area contributed by atoms with Crippen LogP contribution >= 0.6 is 12.4 Å². The number of hydrogen-bond donors (Lipinski definition) is 1. The van der Waals surface area contributed by atoms with Crippen molar-refractivity contribution < 1.29 is 9.59 Å². The molecule has 1 unspecified atom stereocenters. The number of nitrogens with two attached hydrogens (primary N) is 1. The Morgan fingerprint density at radius 1 is 1.04 bits per heavy atom. The van der Waals surface area contributed by atoms with E-state index >= 15 is 0 Å². The molecule has 0 spiro atoms. The van der Waals surface area contributed by atoms with E-state index in [1.165, 1.54) is 0 Å². The Balaban J connectivity index is 0.00000182. The van der Waals surface area contributed by atoms with Gasteiger partial charge in [0.15, 0.2) is 0 Å². The molecule has 2 aliphatic heterocycles. The van der Waals surface area contributed by atoms with Crippen LogP contribution in [0.15, 0.2) is 30.3 Å². The van der Waals surface area contributed by atoms with E-state index in [9.17, 15) is 9.59 Å². The molecular weight excluding hydrogens is 340 g/mol. The first kappa shape index (κ1) is 18.2. The molecule has 1 saturated carbocycles. The van der Waals surface area contributed by atoms with Gasteiger partial charge in [-0.1, -0.05) is 18.2 Å². The molecule has 1 aromatic rings. The van der Waals surface area contributed by atoms with E-state index in [1.807, 2.05) is 40.1 Å². The van der Waals surface area contributed by atoms with Crippen LogP contribution < -0.4 is 10.6 Å². The first-order chi connectivity index (χ1) is 11.6. The molecule has 2 N–H and O–H groups in total. The summed E-state index contributed by atoms with van der Waals surface area (Å²) in [6, 6.07) is 9.78. The number of rotatable bonds is 3. The normalized spacial score (nSPS) is 25.6. The lowest BCUT2D eigenvalue weighted by Crippen LogP contribution is -2.57. The van der Waals surface area contributed by atoms with Gasteiger partial charge in [-0.2, -0.15) is 0 Å². The molecule has 2 saturated heterocycles. The fourth-order valence-electron chi connectivity index (χ4n) is 3.77. The molecule has 1 atom stereocenters. The molecule has 4 rings (SSSR count). The smallest absolute Gasteiger partial charge is 0.244 e. The number of carbonyl (C=O) groups is 2. The first-order valence-corrected chi connectivity index (χ1v) is 8.77. The van der Waals surface area contributed by atoms with Crippen molar-refractivity contribution in [2.24, 2.45) is 5.73 Å². The zero-order valence-electron chi connectivity index (χ0n) is 14.3. The largest absolute Gasteiger partial charge is 0.339 e. The van der Waals surface area contributed by atoms with Crippen molar-refractivity contribution in [3.63, 3.8) is 0 Å². The van der Waals surface area contributed by atoms with Gasteiger partial charge in [0, 0.05) is 38.4 Å². The molecule has 2 amide bonds. The highest BCUT2D eigenvalue weighted by molar-refractivity contribution is 5.99. The van der Waals surface area contributed by atoms with E-state index in [0.29, 0.717) is 13.1 Å². The minimum absolute atomic E-state index is 0. The second-order valence-electron chi connectivity index (χ2n) is 7.11. The Hall–Kier alpha value is -1.63. The van der Waals surface area contributed by atoms with Crippen LogP contribution in [-0.4, -0.2) is 65.9 Å². The van der Waals surface area contributed by atoms with E-state index in [1.54, 1.807) is 0 Å². The summed E-state index contributed by atoms with van der Waals surface area (Å²) in [7, 11) is 0. The van der Waals surface area contributed by atoms with Crippen LogP contribution in [0.4, 0.5) is 5.69 Å². The second kappa shape index (κ2) is 6.94. The van der Waals surface area contributed by atoms with Gasteiger partial charge < -0.3 is 15.5 Å². The fraction of sp³-hybridized carbons (Fsp3) is 0.556. The zero-order chi connectivity index (χ0) is 16.7. The van der Waals surface area contributed by atoms with E-state index < -0.39 is 5.54 Å². The summed E-state index contributed by atoms with van der Waals surface area (Å²) in [6.07, 6.45) is 2.46. The maximum absolute atomic E-state index is 12.8. The van der Waals surface area contributed by atoms with E-state index in [2.05, 4.69) is 4.90 Å². The number of anilines is 1. The molecule has 6 nitrogen and oxygen atoms in total. The number of piperazine rings is 1. The highest BCUT2D eigenvalue weighted by Gasteiger charge is 2.49. The molecule has 136 valence electrons. The predicted octanol–water partition coefficient (Wildman–Crippen LogP) is 0.849. The Morgan fingerprint density at radius 3 is 2.28 bits per heavy atom. The molecular formula is C18H25ClN4O2. The number of benzene rings is 1. The topological polar surface area (TPSA) is 69.9 Å². The van der Waals surface area contributed by atoms with E-state index in [0.717, 1.165) is 44.6 Å². The Labute approximate surface area is 154 Å². The summed E-state index contributed by atoms with van der Waals surface area (Å²) in [5, 5.41) is 0. The predicted molar refractivity (Wildman–Crippen MR) is 98.8 cm³/mol. The van der Waals surface area contributed by atoms with Crippen molar-refractivity contribution >= 4 is 29.9 Å². The van der Waals surface area contributed by atoms with Crippen molar-refractivity contribution in [2.45, 2.75) is 30.8 Å². The molecule has 0 bridgehead atoms. The number of hydrogen-bond acceptors (Lipinski definition) is 4. The van der Waals surface area contributed by atoms with Crippen molar-refractivity contribution in [2.75, 3.05) is 37.6 Å². The maximum atomic E-state index is 12.8. The quantitative estimate of drug-likeness (QED) is 0.863.